The van der Waals surface area contributed by atoms with Crippen molar-refractivity contribution < 1.29 is 18.7 Å². The minimum absolute atomic E-state index is 0.0784. The van der Waals surface area contributed by atoms with Crippen LogP contribution in [0.2, 0.25) is 0 Å². The number of piperidine rings is 1. The van der Waals surface area contributed by atoms with Crippen molar-refractivity contribution in [2.75, 3.05) is 33.4 Å². The second-order valence-corrected chi connectivity index (χ2v) is 7.81. The van der Waals surface area contributed by atoms with Crippen molar-refractivity contribution >= 4 is 12.0 Å². The van der Waals surface area contributed by atoms with E-state index in [4.69, 9.17) is 13.9 Å². The maximum absolute atomic E-state index is 12.9. The number of hydrogen-bond acceptors (Lipinski definition) is 5. The van der Waals surface area contributed by atoms with E-state index >= 15 is 0 Å². The molecule has 1 saturated heterocycles. The maximum Gasteiger partial charge on any atom is 0.312 e. The molecule has 5 nitrogen and oxygen atoms in total. The molecule has 0 amide bonds. The zero-order valence-electron chi connectivity index (χ0n) is 17.6. The molecule has 1 aliphatic heterocycles. The summed E-state index contributed by atoms with van der Waals surface area (Å²) >= 11 is 0. The molecule has 0 radical (unpaired) electrons. The zero-order valence-corrected chi connectivity index (χ0v) is 17.6. The van der Waals surface area contributed by atoms with Crippen LogP contribution in [0.5, 0.6) is 5.75 Å². The summed E-state index contributed by atoms with van der Waals surface area (Å²) in [6, 6.07) is 11.8. The predicted octanol–water partition coefficient (Wildman–Crippen LogP) is 4.58. The summed E-state index contributed by atoms with van der Waals surface area (Å²) in [7, 11) is 1.66. The van der Waals surface area contributed by atoms with Crippen molar-refractivity contribution in [2.24, 2.45) is 5.41 Å². The second kappa shape index (κ2) is 9.79. The minimum Gasteiger partial charge on any atom is -0.497 e. The molecule has 0 spiro atoms. The fourth-order valence-corrected chi connectivity index (χ4v) is 4.06. The van der Waals surface area contributed by atoms with Gasteiger partial charge in [0.15, 0.2) is 0 Å². The van der Waals surface area contributed by atoms with Crippen LogP contribution in [0.4, 0.5) is 0 Å². The molecular weight excluding hydrogens is 366 g/mol. The standard InChI is InChI=1S/C24H31NO4/c1-4-28-23(26)24(17-20-7-5-8-21(16-20)27-3)10-12-25(13-11-24)18-19(2)15-22-9-6-14-29-22/h5-9,14-16H,4,10-13,17-18H2,1-3H3. The average molecular weight is 398 g/mol. The third-order valence-electron chi connectivity index (χ3n) is 5.60. The Morgan fingerprint density at radius 3 is 2.69 bits per heavy atom. The second-order valence-electron chi connectivity index (χ2n) is 7.81. The fraction of sp³-hybridized carbons (Fsp3) is 0.458. The Labute approximate surface area is 173 Å². The molecule has 3 rings (SSSR count). The molecule has 2 aromatic rings. The Morgan fingerprint density at radius 2 is 2.03 bits per heavy atom. The van der Waals surface area contributed by atoms with Gasteiger partial charge >= 0.3 is 5.97 Å². The van der Waals surface area contributed by atoms with Gasteiger partial charge in [-0.05, 0) is 82.1 Å². The first-order valence-corrected chi connectivity index (χ1v) is 10.3. The van der Waals surface area contributed by atoms with Gasteiger partial charge in [0.1, 0.15) is 11.5 Å². The molecule has 156 valence electrons. The van der Waals surface area contributed by atoms with Crippen molar-refractivity contribution in [3.63, 3.8) is 0 Å². The van der Waals surface area contributed by atoms with Crippen LogP contribution in [-0.4, -0.2) is 44.2 Å². The van der Waals surface area contributed by atoms with Crippen LogP contribution in [-0.2, 0) is 16.0 Å². The number of likely N-dealkylation sites (tertiary alicyclic amines) is 1. The summed E-state index contributed by atoms with van der Waals surface area (Å²) in [6.07, 6.45) is 6.02. The highest BCUT2D eigenvalue weighted by atomic mass is 16.5. The lowest BCUT2D eigenvalue weighted by Gasteiger charge is -2.40. The predicted molar refractivity (Wildman–Crippen MR) is 114 cm³/mol. The number of benzene rings is 1. The van der Waals surface area contributed by atoms with Crippen molar-refractivity contribution in [2.45, 2.75) is 33.1 Å². The number of carbonyl (C=O) groups excluding carboxylic acids is 1. The van der Waals surface area contributed by atoms with Gasteiger partial charge in [0.2, 0.25) is 0 Å². The Bertz CT molecular complexity index is 817. The molecule has 0 unspecified atom stereocenters. The monoisotopic (exact) mass is 397 g/mol. The summed E-state index contributed by atoms with van der Waals surface area (Å²) in [4.78, 5) is 15.3. The van der Waals surface area contributed by atoms with Gasteiger partial charge in [0.25, 0.3) is 0 Å². The highest BCUT2D eigenvalue weighted by Crippen LogP contribution is 2.37. The molecule has 1 aromatic heterocycles. The van der Waals surface area contributed by atoms with Crippen molar-refractivity contribution in [3.05, 3.63) is 59.6 Å². The number of furan rings is 1. The quantitative estimate of drug-likeness (QED) is 0.610. The highest BCUT2D eigenvalue weighted by molar-refractivity contribution is 5.77. The lowest BCUT2D eigenvalue weighted by molar-refractivity contribution is -0.158. The number of ether oxygens (including phenoxy) is 2. The number of methoxy groups -OCH3 is 1. The van der Waals surface area contributed by atoms with E-state index in [1.54, 1.807) is 13.4 Å². The van der Waals surface area contributed by atoms with Gasteiger partial charge in [0.05, 0.1) is 25.4 Å². The Balaban J connectivity index is 1.68. The van der Waals surface area contributed by atoms with Gasteiger partial charge in [-0.1, -0.05) is 17.7 Å². The summed E-state index contributed by atoms with van der Waals surface area (Å²) in [5.41, 5.74) is 1.88. The Kier molecular flexibility index (Phi) is 7.15. The molecule has 5 heteroatoms. The smallest absolute Gasteiger partial charge is 0.312 e. The average Bonchev–Trinajstić information content (AvgIpc) is 3.23. The van der Waals surface area contributed by atoms with E-state index in [0.717, 1.165) is 49.5 Å². The van der Waals surface area contributed by atoms with E-state index in [0.29, 0.717) is 13.0 Å². The first kappa shape index (κ1) is 21.2. The van der Waals surface area contributed by atoms with Gasteiger partial charge < -0.3 is 13.9 Å². The number of nitrogens with zero attached hydrogens (tertiary/aromatic N) is 1. The van der Waals surface area contributed by atoms with Crippen LogP contribution in [0.15, 0.2) is 52.7 Å². The van der Waals surface area contributed by atoms with Crippen LogP contribution in [0, 0.1) is 5.41 Å². The van der Waals surface area contributed by atoms with Gasteiger partial charge in [-0.15, -0.1) is 0 Å². The summed E-state index contributed by atoms with van der Waals surface area (Å²) in [5.74, 6) is 1.61. The molecule has 0 atom stereocenters. The molecule has 0 bridgehead atoms. The molecule has 29 heavy (non-hydrogen) atoms. The Hall–Kier alpha value is -2.53. The molecule has 0 saturated carbocycles. The molecule has 0 N–H and O–H groups in total. The molecular formula is C24H31NO4. The summed E-state index contributed by atoms with van der Waals surface area (Å²) in [5, 5.41) is 0. The van der Waals surface area contributed by atoms with Gasteiger partial charge in [0, 0.05) is 6.54 Å². The summed E-state index contributed by atoms with van der Waals surface area (Å²) < 4.78 is 16.2. The van der Waals surface area contributed by atoms with E-state index in [1.807, 2.05) is 37.3 Å². The third kappa shape index (κ3) is 5.51. The van der Waals surface area contributed by atoms with Crippen LogP contribution in [0.3, 0.4) is 0 Å². The topological polar surface area (TPSA) is 51.9 Å². The fourth-order valence-electron chi connectivity index (χ4n) is 4.06. The van der Waals surface area contributed by atoms with E-state index in [9.17, 15) is 4.79 Å². The van der Waals surface area contributed by atoms with Gasteiger partial charge in [-0.2, -0.15) is 0 Å². The number of esters is 1. The van der Waals surface area contributed by atoms with E-state index in [2.05, 4.69) is 24.0 Å². The van der Waals surface area contributed by atoms with E-state index < -0.39 is 5.41 Å². The zero-order chi connectivity index (χ0) is 20.7. The van der Waals surface area contributed by atoms with Crippen molar-refractivity contribution in [1.29, 1.82) is 0 Å². The minimum atomic E-state index is -0.475. The SMILES string of the molecule is CCOC(=O)C1(Cc2cccc(OC)c2)CCN(CC(C)=Cc2ccco2)CC1. The Morgan fingerprint density at radius 1 is 1.24 bits per heavy atom. The lowest BCUT2D eigenvalue weighted by atomic mass is 9.73. The summed E-state index contributed by atoms with van der Waals surface area (Å²) in [6.45, 7) is 7.01. The molecule has 2 heterocycles. The number of carbonyl (C=O) groups is 1. The van der Waals surface area contributed by atoms with Crippen LogP contribution >= 0.6 is 0 Å². The molecule has 1 aliphatic rings. The number of hydrogen-bond donors (Lipinski definition) is 0. The first-order chi connectivity index (χ1) is 14.0. The van der Waals surface area contributed by atoms with E-state index in [-0.39, 0.29) is 5.97 Å². The van der Waals surface area contributed by atoms with Crippen molar-refractivity contribution in [1.82, 2.24) is 4.90 Å². The third-order valence-corrected chi connectivity index (χ3v) is 5.60. The van der Waals surface area contributed by atoms with E-state index in [1.165, 1.54) is 5.57 Å². The van der Waals surface area contributed by atoms with Gasteiger partial charge in [-0.25, -0.2) is 0 Å². The normalized spacial score (nSPS) is 17.1. The molecule has 0 aliphatic carbocycles. The molecule has 1 aromatic carbocycles. The van der Waals surface area contributed by atoms with Crippen LogP contribution in [0.1, 0.15) is 38.0 Å². The number of rotatable bonds is 8. The first-order valence-electron chi connectivity index (χ1n) is 10.3. The maximum atomic E-state index is 12.9. The van der Waals surface area contributed by atoms with Crippen molar-refractivity contribution in [3.8, 4) is 5.75 Å². The van der Waals surface area contributed by atoms with Crippen LogP contribution in [0.25, 0.3) is 6.08 Å². The van der Waals surface area contributed by atoms with Crippen LogP contribution < -0.4 is 4.74 Å². The highest BCUT2D eigenvalue weighted by Gasteiger charge is 2.42. The largest absolute Gasteiger partial charge is 0.497 e. The van der Waals surface area contributed by atoms with Gasteiger partial charge in [-0.3, -0.25) is 9.69 Å². The lowest BCUT2D eigenvalue weighted by Crippen LogP contribution is -2.46. The molecule has 1 fully saturated rings.